The molecule has 0 aromatic rings. The Morgan fingerprint density at radius 1 is 0.471 bits per heavy atom. The van der Waals surface area contributed by atoms with Crippen LogP contribution in [0.15, 0.2) is 0 Å². The third-order valence-electron chi connectivity index (χ3n) is 0. The van der Waals surface area contributed by atoms with E-state index in [1.165, 1.54) is 0 Å². The Labute approximate surface area is 146 Å². The average molecular weight is 402 g/mol. The van der Waals surface area contributed by atoms with Gasteiger partial charge in [-0.15, -0.1) is 0 Å². The topological polar surface area (TPSA) is 186 Å². The van der Waals surface area contributed by atoms with Gasteiger partial charge >= 0.3 is 85.4 Å². The Morgan fingerprint density at radius 2 is 0.471 bits per heavy atom. The van der Waals surface area contributed by atoms with Gasteiger partial charge in [-0.2, -0.15) is 0 Å². The largest absolute Gasteiger partial charge is 0 e. The summed E-state index contributed by atoms with van der Waals surface area (Å²) in [5.41, 5.74) is 0. The molecule has 17 heteroatoms. The molecule has 0 aliphatic heterocycles. The molecular formula is H5B5MgO10Tb. The van der Waals surface area contributed by atoms with Crippen LogP contribution in [0.3, 0.4) is 0 Å². The van der Waals surface area contributed by atoms with E-state index in [9.17, 15) is 0 Å². The number of hydrogen-bond donors (Lipinski definition) is 5. The molecule has 0 aliphatic rings. The van der Waals surface area contributed by atoms with Crippen molar-refractivity contribution in [3.63, 3.8) is 0 Å². The molecule has 3 radical (unpaired) electrons. The van der Waals surface area contributed by atoms with Gasteiger partial charge < -0.3 is 0 Å². The molecule has 0 aromatic heterocycles. The van der Waals surface area contributed by atoms with E-state index in [1.807, 2.05) is 0 Å². The molecule has 0 saturated heterocycles. The SMILES string of the molecule is O=BO.O=BO.O=BO.O=BO.O=BO.[Mg].[Tb]. The first-order valence-corrected chi connectivity index (χ1v) is 2.47. The van der Waals surface area contributed by atoms with E-state index in [-0.39, 0.29) is 98.4 Å². The molecule has 0 amide bonds. The molecular weight excluding hydrogens is 397 g/mol. The van der Waals surface area contributed by atoms with Gasteiger partial charge in [0.2, 0.25) is 0 Å². The first kappa shape index (κ1) is 43.3. The fraction of sp³-hybridized carbons (Fsp3) is 0. The molecule has 0 rings (SSSR count). The summed E-state index contributed by atoms with van der Waals surface area (Å²) < 4.78 is 41.8. The molecule has 5 N–H and O–H groups in total. The maximum absolute atomic E-state index is 8.36. The minimum Gasteiger partial charge on any atom is 0 e. The van der Waals surface area contributed by atoms with Gasteiger partial charge in [0.15, 0.2) is 0 Å². The predicted molar refractivity (Wildman–Crippen MR) is 49.1 cm³/mol. The standard InChI is InChI=1S/5BHO2.Mg.Tb/c5*2-1-3;;/h5*2H;;. The zero-order chi connectivity index (χ0) is 13.5. The maximum atomic E-state index is 8.36. The molecule has 0 fully saturated rings. The van der Waals surface area contributed by atoms with Crippen molar-refractivity contribution in [1.29, 1.82) is 0 Å². The monoisotopic (exact) mass is 403 g/mol. The van der Waals surface area contributed by atoms with E-state index in [4.69, 9.17) is 48.6 Å². The maximum Gasteiger partial charge on any atom is 0 e. The Kier molecular flexibility index (Phi) is 341. The van der Waals surface area contributed by atoms with Crippen LogP contribution in [0, 0.1) is 38.6 Å². The van der Waals surface area contributed by atoms with E-state index in [1.54, 1.807) is 0 Å². The van der Waals surface area contributed by atoms with Gasteiger partial charge in [0.05, 0.1) is 0 Å². The Hall–Kier alpha value is 0.377. The quantitative estimate of drug-likeness (QED) is 0.244. The molecule has 0 atom stereocenters. The third-order valence-corrected chi connectivity index (χ3v) is 0. The fourth-order valence-electron chi connectivity index (χ4n) is 0. The van der Waals surface area contributed by atoms with Gasteiger partial charge in [-0.25, -0.2) is 0 Å². The summed E-state index contributed by atoms with van der Waals surface area (Å²) in [6, 6.07) is 0. The molecule has 0 heterocycles. The van der Waals surface area contributed by atoms with E-state index >= 15 is 0 Å². The van der Waals surface area contributed by atoms with Crippen molar-refractivity contribution >= 4 is 59.8 Å². The summed E-state index contributed by atoms with van der Waals surface area (Å²) in [5.74, 6) is 0. The molecule has 91 valence electrons. The summed E-state index contributed by atoms with van der Waals surface area (Å²) in [7, 11) is -1.25. The van der Waals surface area contributed by atoms with Crippen LogP contribution in [-0.2, 0) is 23.5 Å². The molecule has 17 heavy (non-hydrogen) atoms. The summed E-state index contributed by atoms with van der Waals surface area (Å²) in [4.78, 5) is 0. The predicted octanol–water partition coefficient (Wildman–Crippen LogP) is -5.66. The van der Waals surface area contributed by atoms with Crippen molar-refractivity contribution in [2.75, 3.05) is 0 Å². The number of hydrogen-bond acceptors (Lipinski definition) is 5. The smallest absolute Gasteiger partial charge is 0 e. The molecule has 0 spiro atoms. The first-order valence-electron chi connectivity index (χ1n) is 2.47. The van der Waals surface area contributed by atoms with Crippen LogP contribution < -0.4 is 0 Å². The van der Waals surface area contributed by atoms with Gasteiger partial charge in [-0.3, -0.25) is 0 Å². The fourth-order valence-corrected chi connectivity index (χ4v) is 0. The van der Waals surface area contributed by atoms with Gasteiger partial charge in [-0.1, -0.05) is 0 Å². The van der Waals surface area contributed by atoms with Crippen molar-refractivity contribution in [3.05, 3.63) is 0 Å². The minimum absolute atomic E-state index is 0. The normalized spacial score (nSPS) is 2.35. The Morgan fingerprint density at radius 3 is 0.471 bits per heavy atom. The first-order chi connectivity index (χ1) is 7.07. The second kappa shape index (κ2) is 134. The van der Waals surface area contributed by atoms with Crippen molar-refractivity contribution in [2.24, 2.45) is 0 Å². The molecule has 0 saturated carbocycles. The van der Waals surface area contributed by atoms with Gasteiger partial charge in [0.25, 0.3) is 0 Å². The summed E-state index contributed by atoms with van der Waals surface area (Å²) in [6.45, 7) is 0. The van der Waals surface area contributed by atoms with Crippen LogP contribution in [-0.4, -0.2) is 84.9 Å². The Balaban J connectivity index is -0.0000000143. The van der Waals surface area contributed by atoms with Crippen LogP contribution in [0.1, 0.15) is 0 Å². The summed E-state index contributed by atoms with van der Waals surface area (Å²) >= 11 is 0. The summed E-state index contributed by atoms with van der Waals surface area (Å²) in [6.07, 6.45) is 0. The van der Waals surface area contributed by atoms with Crippen LogP contribution >= 0.6 is 0 Å². The zero-order valence-electron chi connectivity index (χ0n) is 8.20. The third kappa shape index (κ3) is 23900. The minimum atomic E-state index is -0.250. The second-order valence-corrected chi connectivity index (χ2v) is 0.527. The number of rotatable bonds is 0. The van der Waals surface area contributed by atoms with Crippen molar-refractivity contribution in [3.8, 4) is 0 Å². The summed E-state index contributed by atoms with van der Waals surface area (Å²) in [5, 5.41) is 34.4. The van der Waals surface area contributed by atoms with Crippen molar-refractivity contribution < 1.29 is 87.3 Å². The Bertz CT molecular complexity index is 97.0. The molecule has 0 unspecified atom stereocenters. The van der Waals surface area contributed by atoms with Crippen LogP contribution in [0.4, 0.5) is 0 Å². The van der Waals surface area contributed by atoms with Crippen molar-refractivity contribution in [1.82, 2.24) is 0 Å². The van der Waals surface area contributed by atoms with E-state index in [0.29, 0.717) is 0 Å². The zero-order valence-corrected chi connectivity index (χ0v) is 11.8. The van der Waals surface area contributed by atoms with Gasteiger partial charge in [0, 0.05) is 61.7 Å². The average Bonchev–Trinajstić information content (AvgIpc) is 2.09. The van der Waals surface area contributed by atoms with Gasteiger partial charge in [-0.05, 0) is 0 Å². The molecule has 0 aliphatic carbocycles. The van der Waals surface area contributed by atoms with E-state index < -0.39 is 0 Å². The second-order valence-electron chi connectivity index (χ2n) is 0.527. The molecule has 10 nitrogen and oxygen atoms in total. The van der Waals surface area contributed by atoms with Crippen molar-refractivity contribution in [2.45, 2.75) is 0 Å². The van der Waals surface area contributed by atoms with E-state index in [0.717, 1.165) is 0 Å². The van der Waals surface area contributed by atoms with Crippen LogP contribution in [0.5, 0.6) is 0 Å². The van der Waals surface area contributed by atoms with Crippen LogP contribution in [0.25, 0.3) is 0 Å². The van der Waals surface area contributed by atoms with Gasteiger partial charge in [0.1, 0.15) is 0 Å². The molecule has 0 aromatic carbocycles. The molecule has 0 bridgehead atoms. The van der Waals surface area contributed by atoms with Crippen LogP contribution in [0.2, 0.25) is 0 Å². The van der Waals surface area contributed by atoms with E-state index in [2.05, 4.69) is 0 Å².